The number of nitrogens with one attached hydrogen (secondary N) is 1. The number of aromatic nitrogens is 3. The number of hydrogen-bond acceptors (Lipinski definition) is 4. The molecule has 1 amide bonds. The Morgan fingerprint density at radius 3 is 2.76 bits per heavy atom. The third-order valence-electron chi connectivity index (χ3n) is 3.86. The highest BCUT2D eigenvalue weighted by Crippen LogP contribution is 2.12. The molecule has 0 radical (unpaired) electrons. The maximum absolute atomic E-state index is 12.3. The molecular weight excluding hydrogens is 316 g/mol. The Morgan fingerprint density at radius 2 is 2.04 bits per heavy atom. The van der Waals surface area contributed by atoms with Gasteiger partial charge in [-0.15, -0.1) is 0 Å². The van der Waals surface area contributed by atoms with E-state index in [1.807, 2.05) is 24.3 Å². The first-order valence-electron chi connectivity index (χ1n) is 8.12. The first-order valence-corrected chi connectivity index (χ1v) is 8.12. The number of rotatable bonds is 7. The van der Waals surface area contributed by atoms with Gasteiger partial charge < -0.3 is 10.1 Å². The van der Waals surface area contributed by atoms with Crippen LogP contribution in [0.15, 0.2) is 61.3 Å². The molecule has 0 saturated heterocycles. The van der Waals surface area contributed by atoms with Crippen LogP contribution in [0.25, 0.3) is 5.82 Å². The number of benzene rings is 1. The Bertz CT molecular complexity index is 814. The van der Waals surface area contributed by atoms with Crippen LogP contribution in [-0.2, 0) is 6.42 Å². The molecule has 0 saturated carbocycles. The summed E-state index contributed by atoms with van der Waals surface area (Å²) >= 11 is 0. The number of aryl methyl sites for hydroxylation is 1. The molecule has 3 aromatic rings. The number of carbonyl (C=O) groups excluding carboxylic acids is 1. The zero-order valence-corrected chi connectivity index (χ0v) is 14.1. The fourth-order valence-corrected chi connectivity index (χ4v) is 2.48. The summed E-state index contributed by atoms with van der Waals surface area (Å²) in [6.07, 6.45) is 8.52. The maximum atomic E-state index is 12.3. The van der Waals surface area contributed by atoms with Crippen LogP contribution in [-0.4, -0.2) is 34.1 Å². The number of hydrogen-bond donors (Lipinski definition) is 1. The van der Waals surface area contributed by atoms with Crippen molar-refractivity contribution in [2.75, 3.05) is 13.7 Å². The van der Waals surface area contributed by atoms with Crippen LogP contribution < -0.4 is 10.1 Å². The standard InChI is InChI=1S/C19H20N4O2/c1-25-17-6-4-15(5-7-17)3-2-9-22-19(24)16-8-10-21-18(13-16)23-12-11-20-14-23/h4-8,10-14H,2-3,9H2,1H3,(H,22,24). The molecule has 0 aliphatic heterocycles. The van der Waals surface area contributed by atoms with E-state index in [-0.39, 0.29) is 5.91 Å². The number of nitrogens with zero attached hydrogens (tertiary/aromatic N) is 3. The first kappa shape index (κ1) is 16.7. The van der Waals surface area contributed by atoms with Crippen LogP contribution in [0, 0.1) is 0 Å². The van der Waals surface area contributed by atoms with Crippen LogP contribution in [0.3, 0.4) is 0 Å². The van der Waals surface area contributed by atoms with Crippen molar-refractivity contribution in [1.82, 2.24) is 19.9 Å². The van der Waals surface area contributed by atoms with Gasteiger partial charge in [0.25, 0.3) is 5.91 Å². The molecule has 0 fully saturated rings. The van der Waals surface area contributed by atoms with Crippen molar-refractivity contribution in [2.24, 2.45) is 0 Å². The molecule has 2 heterocycles. The predicted octanol–water partition coefficient (Wildman–Crippen LogP) is 2.64. The van der Waals surface area contributed by atoms with Gasteiger partial charge in [-0.1, -0.05) is 12.1 Å². The third kappa shape index (κ3) is 4.44. The van der Waals surface area contributed by atoms with E-state index in [0.717, 1.165) is 18.6 Å². The van der Waals surface area contributed by atoms with Crippen molar-refractivity contribution < 1.29 is 9.53 Å². The molecule has 2 aromatic heterocycles. The Hall–Kier alpha value is -3.15. The highest BCUT2D eigenvalue weighted by molar-refractivity contribution is 5.94. The van der Waals surface area contributed by atoms with Gasteiger partial charge >= 0.3 is 0 Å². The molecule has 0 aliphatic carbocycles. The van der Waals surface area contributed by atoms with Crippen LogP contribution in [0.1, 0.15) is 22.3 Å². The average Bonchev–Trinajstić information content (AvgIpc) is 3.20. The van der Waals surface area contributed by atoms with Crippen molar-refractivity contribution >= 4 is 5.91 Å². The summed E-state index contributed by atoms with van der Waals surface area (Å²) in [5.41, 5.74) is 1.81. The highest BCUT2D eigenvalue weighted by atomic mass is 16.5. The summed E-state index contributed by atoms with van der Waals surface area (Å²) in [4.78, 5) is 20.5. The van der Waals surface area contributed by atoms with E-state index in [1.54, 1.807) is 48.7 Å². The Labute approximate surface area is 146 Å². The monoisotopic (exact) mass is 336 g/mol. The number of carbonyl (C=O) groups is 1. The quantitative estimate of drug-likeness (QED) is 0.674. The van der Waals surface area contributed by atoms with E-state index in [4.69, 9.17) is 4.74 Å². The summed E-state index contributed by atoms with van der Waals surface area (Å²) in [5, 5.41) is 2.95. The number of imidazole rings is 1. The number of amides is 1. The number of pyridine rings is 1. The minimum atomic E-state index is -0.0986. The molecule has 6 heteroatoms. The summed E-state index contributed by atoms with van der Waals surface area (Å²) in [6, 6.07) is 11.4. The minimum Gasteiger partial charge on any atom is -0.497 e. The fourth-order valence-electron chi connectivity index (χ4n) is 2.48. The second-order valence-corrected chi connectivity index (χ2v) is 5.58. The minimum absolute atomic E-state index is 0.0986. The number of ether oxygens (including phenoxy) is 1. The van der Waals surface area contributed by atoms with Gasteiger partial charge in [-0.05, 0) is 42.7 Å². The third-order valence-corrected chi connectivity index (χ3v) is 3.86. The molecule has 128 valence electrons. The molecular formula is C19H20N4O2. The Balaban J connectivity index is 1.50. The van der Waals surface area contributed by atoms with E-state index >= 15 is 0 Å². The van der Waals surface area contributed by atoms with Crippen molar-refractivity contribution in [2.45, 2.75) is 12.8 Å². The zero-order chi connectivity index (χ0) is 17.5. The van der Waals surface area contributed by atoms with Crippen LogP contribution in [0.2, 0.25) is 0 Å². The van der Waals surface area contributed by atoms with Gasteiger partial charge in [0, 0.05) is 30.7 Å². The van der Waals surface area contributed by atoms with E-state index in [1.165, 1.54) is 5.56 Å². The summed E-state index contributed by atoms with van der Waals surface area (Å²) in [6.45, 7) is 0.619. The lowest BCUT2D eigenvalue weighted by molar-refractivity contribution is 0.0953. The van der Waals surface area contributed by atoms with Crippen LogP contribution >= 0.6 is 0 Å². The second kappa shape index (κ2) is 8.10. The second-order valence-electron chi connectivity index (χ2n) is 5.58. The molecule has 0 atom stereocenters. The molecule has 0 spiro atoms. The molecule has 0 unspecified atom stereocenters. The average molecular weight is 336 g/mol. The summed E-state index contributed by atoms with van der Waals surface area (Å²) < 4.78 is 6.91. The molecule has 0 bridgehead atoms. The normalized spacial score (nSPS) is 10.4. The summed E-state index contributed by atoms with van der Waals surface area (Å²) in [5.74, 6) is 1.42. The largest absolute Gasteiger partial charge is 0.497 e. The molecule has 0 aliphatic rings. The Kier molecular flexibility index (Phi) is 5.41. The van der Waals surface area contributed by atoms with Crippen molar-refractivity contribution in [3.8, 4) is 11.6 Å². The highest BCUT2D eigenvalue weighted by Gasteiger charge is 2.07. The SMILES string of the molecule is COc1ccc(CCCNC(=O)c2ccnc(-n3ccnc3)c2)cc1. The van der Waals surface area contributed by atoms with E-state index in [0.29, 0.717) is 17.9 Å². The van der Waals surface area contributed by atoms with Crippen molar-refractivity contribution in [3.63, 3.8) is 0 Å². The van der Waals surface area contributed by atoms with Gasteiger partial charge in [0.2, 0.25) is 0 Å². The summed E-state index contributed by atoms with van der Waals surface area (Å²) in [7, 11) is 1.65. The lowest BCUT2D eigenvalue weighted by Crippen LogP contribution is -2.25. The van der Waals surface area contributed by atoms with E-state index in [2.05, 4.69) is 15.3 Å². The van der Waals surface area contributed by atoms with Gasteiger partial charge in [-0.2, -0.15) is 0 Å². The molecule has 1 N–H and O–H groups in total. The lowest BCUT2D eigenvalue weighted by atomic mass is 10.1. The van der Waals surface area contributed by atoms with Gasteiger partial charge in [0.05, 0.1) is 7.11 Å². The van der Waals surface area contributed by atoms with Gasteiger partial charge in [-0.25, -0.2) is 9.97 Å². The Morgan fingerprint density at radius 1 is 1.20 bits per heavy atom. The predicted molar refractivity (Wildman–Crippen MR) is 95.0 cm³/mol. The van der Waals surface area contributed by atoms with Crippen LogP contribution in [0.5, 0.6) is 5.75 Å². The number of methoxy groups -OCH3 is 1. The van der Waals surface area contributed by atoms with Gasteiger partial charge in [0.1, 0.15) is 17.9 Å². The van der Waals surface area contributed by atoms with Crippen molar-refractivity contribution in [1.29, 1.82) is 0 Å². The molecule has 1 aromatic carbocycles. The van der Waals surface area contributed by atoms with Crippen molar-refractivity contribution in [3.05, 3.63) is 72.4 Å². The molecule has 6 nitrogen and oxygen atoms in total. The van der Waals surface area contributed by atoms with E-state index < -0.39 is 0 Å². The molecule has 3 rings (SSSR count). The molecule has 25 heavy (non-hydrogen) atoms. The van der Waals surface area contributed by atoms with Gasteiger partial charge in [0.15, 0.2) is 0 Å². The van der Waals surface area contributed by atoms with E-state index in [9.17, 15) is 4.79 Å². The first-order chi connectivity index (χ1) is 12.3. The zero-order valence-electron chi connectivity index (χ0n) is 14.1. The smallest absolute Gasteiger partial charge is 0.251 e. The lowest BCUT2D eigenvalue weighted by Gasteiger charge is -2.07. The maximum Gasteiger partial charge on any atom is 0.251 e. The fraction of sp³-hybridized carbons (Fsp3) is 0.211. The topological polar surface area (TPSA) is 69.0 Å². The van der Waals surface area contributed by atoms with Crippen LogP contribution in [0.4, 0.5) is 0 Å². The van der Waals surface area contributed by atoms with Gasteiger partial charge in [-0.3, -0.25) is 9.36 Å².